The van der Waals surface area contributed by atoms with E-state index < -0.39 is 0 Å². The zero-order valence-electron chi connectivity index (χ0n) is 9.33. The van der Waals surface area contributed by atoms with Crippen LogP contribution in [-0.2, 0) is 17.9 Å². The van der Waals surface area contributed by atoms with E-state index in [2.05, 4.69) is 29.6 Å². The minimum atomic E-state index is 0.760. The summed E-state index contributed by atoms with van der Waals surface area (Å²) in [4.78, 5) is 0. The van der Waals surface area contributed by atoms with Gasteiger partial charge in [0.1, 0.15) is 0 Å². The molecule has 0 unspecified atom stereocenters. The van der Waals surface area contributed by atoms with E-state index in [0.717, 1.165) is 25.7 Å². The van der Waals surface area contributed by atoms with Gasteiger partial charge in [0.25, 0.3) is 0 Å². The van der Waals surface area contributed by atoms with Crippen LogP contribution in [0, 0.1) is 5.92 Å². The van der Waals surface area contributed by atoms with Crippen molar-refractivity contribution in [3.05, 3.63) is 35.4 Å². The fourth-order valence-corrected chi connectivity index (χ4v) is 1.59. The van der Waals surface area contributed by atoms with Gasteiger partial charge in [0.15, 0.2) is 0 Å². The minimum absolute atomic E-state index is 0.760. The summed E-state index contributed by atoms with van der Waals surface area (Å²) in [7, 11) is 1.96. The molecule has 82 valence electrons. The third kappa shape index (κ3) is 3.65. The Kier molecular flexibility index (Phi) is 3.75. The lowest BCUT2D eigenvalue weighted by molar-refractivity contribution is 0.111. The van der Waals surface area contributed by atoms with Crippen LogP contribution in [0.25, 0.3) is 0 Å². The minimum Gasteiger partial charge on any atom is -0.376 e. The second-order valence-corrected chi connectivity index (χ2v) is 4.31. The van der Waals surface area contributed by atoms with E-state index in [1.54, 1.807) is 0 Å². The predicted octanol–water partition coefficient (Wildman–Crippen LogP) is 2.33. The molecule has 1 aliphatic rings. The third-order valence-corrected chi connectivity index (χ3v) is 2.72. The van der Waals surface area contributed by atoms with Gasteiger partial charge in [-0.15, -0.1) is 0 Å². The fourth-order valence-electron chi connectivity index (χ4n) is 1.59. The monoisotopic (exact) mass is 205 g/mol. The molecule has 1 aliphatic carbocycles. The Morgan fingerprint density at radius 2 is 1.87 bits per heavy atom. The van der Waals surface area contributed by atoms with Crippen molar-refractivity contribution in [2.24, 2.45) is 5.92 Å². The standard InChI is InChI=1S/C13H19NO/c1-14-8-11-2-4-12(5-3-11)9-15-10-13-6-7-13/h2-5,13-14H,6-10H2,1H3. The van der Waals surface area contributed by atoms with E-state index in [1.807, 2.05) is 7.05 Å². The van der Waals surface area contributed by atoms with Crippen molar-refractivity contribution in [2.75, 3.05) is 13.7 Å². The van der Waals surface area contributed by atoms with Crippen LogP contribution < -0.4 is 5.32 Å². The summed E-state index contributed by atoms with van der Waals surface area (Å²) >= 11 is 0. The Morgan fingerprint density at radius 1 is 1.20 bits per heavy atom. The van der Waals surface area contributed by atoms with Gasteiger partial charge in [-0.1, -0.05) is 24.3 Å². The molecule has 1 aromatic carbocycles. The maximum absolute atomic E-state index is 5.63. The molecular formula is C13H19NO. The van der Waals surface area contributed by atoms with E-state index in [-0.39, 0.29) is 0 Å². The van der Waals surface area contributed by atoms with E-state index in [9.17, 15) is 0 Å². The molecule has 0 bridgehead atoms. The van der Waals surface area contributed by atoms with Gasteiger partial charge in [0.05, 0.1) is 6.61 Å². The predicted molar refractivity (Wildman–Crippen MR) is 61.6 cm³/mol. The van der Waals surface area contributed by atoms with Crippen molar-refractivity contribution in [3.63, 3.8) is 0 Å². The van der Waals surface area contributed by atoms with Crippen LogP contribution in [0.2, 0.25) is 0 Å². The zero-order valence-corrected chi connectivity index (χ0v) is 9.33. The fraction of sp³-hybridized carbons (Fsp3) is 0.538. The van der Waals surface area contributed by atoms with Crippen LogP contribution in [0.15, 0.2) is 24.3 Å². The third-order valence-electron chi connectivity index (χ3n) is 2.72. The van der Waals surface area contributed by atoms with Crippen LogP contribution in [-0.4, -0.2) is 13.7 Å². The lowest BCUT2D eigenvalue weighted by Gasteiger charge is -2.05. The molecule has 2 rings (SSSR count). The van der Waals surface area contributed by atoms with Gasteiger partial charge in [-0.3, -0.25) is 0 Å². The SMILES string of the molecule is CNCc1ccc(COCC2CC2)cc1. The summed E-state index contributed by atoms with van der Waals surface area (Å²) in [6, 6.07) is 8.62. The van der Waals surface area contributed by atoms with E-state index >= 15 is 0 Å². The van der Waals surface area contributed by atoms with Crippen LogP contribution in [0.1, 0.15) is 24.0 Å². The van der Waals surface area contributed by atoms with Crippen molar-refractivity contribution in [1.29, 1.82) is 0 Å². The maximum atomic E-state index is 5.63. The van der Waals surface area contributed by atoms with Gasteiger partial charge >= 0.3 is 0 Å². The van der Waals surface area contributed by atoms with E-state index in [0.29, 0.717) is 0 Å². The normalized spacial score (nSPS) is 15.5. The largest absolute Gasteiger partial charge is 0.376 e. The van der Waals surface area contributed by atoms with E-state index in [4.69, 9.17) is 4.74 Å². The molecule has 1 N–H and O–H groups in total. The summed E-state index contributed by atoms with van der Waals surface area (Å²) < 4.78 is 5.63. The van der Waals surface area contributed by atoms with Crippen molar-refractivity contribution in [2.45, 2.75) is 26.0 Å². The van der Waals surface area contributed by atoms with Crippen molar-refractivity contribution < 1.29 is 4.74 Å². The second kappa shape index (κ2) is 5.29. The molecule has 0 atom stereocenters. The summed E-state index contributed by atoms with van der Waals surface area (Å²) in [6.45, 7) is 2.64. The molecule has 0 radical (unpaired) electrons. The summed E-state index contributed by atoms with van der Waals surface area (Å²) in [5, 5.41) is 3.14. The molecule has 2 nitrogen and oxygen atoms in total. The smallest absolute Gasteiger partial charge is 0.0717 e. The van der Waals surface area contributed by atoms with Gasteiger partial charge in [-0.2, -0.15) is 0 Å². The molecule has 0 spiro atoms. The van der Waals surface area contributed by atoms with Crippen LogP contribution in [0.5, 0.6) is 0 Å². The van der Waals surface area contributed by atoms with Gasteiger partial charge in [-0.05, 0) is 36.9 Å². The first-order valence-corrected chi connectivity index (χ1v) is 5.68. The number of rotatable bonds is 6. The average Bonchev–Trinajstić information content (AvgIpc) is 3.05. The van der Waals surface area contributed by atoms with Crippen LogP contribution in [0.3, 0.4) is 0 Å². The van der Waals surface area contributed by atoms with Crippen molar-refractivity contribution in [1.82, 2.24) is 5.32 Å². The number of ether oxygens (including phenoxy) is 1. The highest BCUT2D eigenvalue weighted by atomic mass is 16.5. The molecular weight excluding hydrogens is 186 g/mol. The zero-order chi connectivity index (χ0) is 10.5. The summed E-state index contributed by atoms with van der Waals surface area (Å²) in [5.41, 5.74) is 2.60. The molecule has 1 fully saturated rings. The Labute approximate surface area is 91.6 Å². The number of hydrogen-bond acceptors (Lipinski definition) is 2. The quantitative estimate of drug-likeness (QED) is 0.769. The molecule has 0 heterocycles. The molecule has 2 heteroatoms. The van der Waals surface area contributed by atoms with Gasteiger partial charge in [-0.25, -0.2) is 0 Å². The number of benzene rings is 1. The topological polar surface area (TPSA) is 21.3 Å². The maximum Gasteiger partial charge on any atom is 0.0717 e. The second-order valence-electron chi connectivity index (χ2n) is 4.31. The van der Waals surface area contributed by atoms with Crippen molar-refractivity contribution in [3.8, 4) is 0 Å². The van der Waals surface area contributed by atoms with Gasteiger partial charge in [0.2, 0.25) is 0 Å². The Hall–Kier alpha value is -0.860. The van der Waals surface area contributed by atoms with E-state index in [1.165, 1.54) is 24.0 Å². The highest BCUT2D eigenvalue weighted by Gasteiger charge is 2.20. The first-order chi connectivity index (χ1) is 7.38. The first kappa shape index (κ1) is 10.7. The average molecular weight is 205 g/mol. The Balaban J connectivity index is 1.75. The first-order valence-electron chi connectivity index (χ1n) is 5.68. The van der Waals surface area contributed by atoms with Gasteiger partial charge in [0, 0.05) is 13.2 Å². The lowest BCUT2D eigenvalue weighted by atomic mass is 10.1. The summed E-state index contributed by atoms with van der Waals surface area (Å²) in [6.07, 6.45) is 2.72. The molecule has 0 saturated heterocycles. The molecule has 1 saturated carbocycles. The number of nitrogens with one attached hydrogen (secondary N) is 1. The molecule has 0 aliphatic heterocycles. The Bertz CT molecular complexity index is 290. The molecule has 0 aromatic heterocycles. The highest BCUT2D eigenvalue weighted by Crippen LogP contribution is 2.29. The van der Waals surface area contributed by atoms with Gasteiger partial charge < -0.3 is 10.1 Å². The highest BCUT2D eigenvalue weighted by molar-refractivity contribution is 5.21. The molecule has 0 amide bonds. The van der Waals surface area contributed by atoms with Crippen LogP contribution in [0.4, 0.5) is 0 Å². The molecule has 15 heavy (non-hydrogen) atoms. The van der Waals surface area contributed by atoms with Crippen LogP contribution >= 0.6 is 0 Å². The van der Waals surface area contributed by atoms with Crippen molar-refractivity contribution >= 4 is 0 Å². The lowest BCUT2D eigenvalue weighted by Crippen LogP contribution is -2.05. The number of hydrogen-bond donors (Lipinski definition) is 1. The molecule has 1 aromatic rings. The summed E-state index contributed by atoms with van der Waals surface area (Å²) in [5.74, 6) is 0.855. The Morgan fingerprint density at radius 3 is 2.47 bits per heavy atom.